The summed E-state index contributed by atoms with van der Waals surface area (Å²) in [5, 5.41) is 1.20. The first-order chi connectivity index (χ1) is 7.75. The monoisotopic (exact) mass is 216 g/mol. The Morgan fingerprint density at radius 1 is 1.44 bits per heavy atom. The average Bonchev–Trinajstić information content (AvgIpc) is 2.66. The van der Waals surface area contributed by atoms with Gasteiger partial charge in [-0.3, -0.25) is 0 Å². The molecule has 1 atom stereocenters. The number of nitrogens with one attached hydrogen (secondary N) is 1. The number of likely N-dealkylation sites (N-methyl/N-ethyl adjacent to an activating group) is 1. The largest absolute Gasteiger partial charge is 0.343 e. The lowest BCUT2D eigenvalue weighted by Crippen LogP contribution is -2.33. The third-order valence-corrected chi connectivity index (χ3v) is 3.57. The minimum absolute atomic E-state index is 0.645. The van der Waals surface area contributed by atoms with E-state index < -0.39 is 0 Å². The Labute approximate surface area is 94.7 Å². The number of rotatable bonds is 1. The van der Waals surface area contributed by atoms with Crippen molar-refractivity contribution in [3.8, 4) is 0 Å². The SMILES string of the molecule is CN(C)[C@H]1CCc2[nH]c3ncncc3c2C1. The van der Waals surface area contributed by atoms with Crippen LogP contribution in [0, 0.1) is 0 Å². The normalized spacial score (nSPS) is 20.3. The third kappa shape index (κ3) is 1.41. The van der Waals surface area contributed by atoms with E-state index >= 15 is 0 Å². The van der Waals surface area contributed by atoms with Crippen molar-refractivity contribution in [1.82, 2.24) is 19.9 Å². The highest BCUT2D eigenvalue weighted by Gasteiger charge is 2.23. The first kappa shape index (κ1) is 9.78. The number of hydrogen-bond donors (Lipinski definition) is 1. The molecule has 2 aromatic heterocycles. The van der Waals surface area contributed by atoms with E-state index in [9.17, 15) is 0 Å². The van der Waals surface area contributed by atoms with Gasteiger partial charge in [0.05, 0.1) is 0 Å². The van der Waals surface area contributed by atoms with Gasteiger partial charge in [-0.05, 0) is 38.9 Å². The van der Waals surface area contributed by atoms with E-state index in [0.29, 0.717) is 6.04 Å². The van der Waals surface area contributed by atoms with Crippen LogP contribution in [0.1, 0.15) is 17.7 Å². The Bertz CT molecular complexity index is 515. The van der Waals surface area contributed by atoms with Gasteiger partial charge in [0.25, 0.3) is 0 Å². The molecule has 3 rings (SSSR count). The van der Waals surface area contributed by atoms with Crippen LogP contribution in [0.15, 0.2) is 12.5 Å². The highest BCUT2D eigenvalue weighted by molar-refractivity contribution is 5.80. The fourth-order valence-electron chi connectivity index (χ4n) is 2.57. The van der Waals surface area contributed by atoms with Gasteiger partial charge >= 0.3 is 0 Å². The molecule has 16 heavy (non-hydrogen) atoms. The molecule has 2 heterocycles. The van der Waals surface area contributed by atoms with Gasteiger partial charge in [-0.25, -0.2) is 9.97 Å². The van der Waals surface area contributed by atoms with Crippen LogP contribution in [0.5, 0.6) is 0 Å². The first-order valence-electron chi connectivity index (χ1n) is 5.71. The molecule has 0 fully saturated rings. The molecule has 1 N–H and O–H groups in total. The standard InChI is InChI=1S/C12H16N4/c1-16(2)8-3-4-11-9(5-8)10-6-13-7-14-12(10)15-11/h6-8H,3-5H2,1-2H3,(H,13,14,15)/t8-/m0/s1. The minimum atomic E-state index is 0.645. The van der Waals surface area contributed by atoms with Gasteiger partial charge in [0.2, 0.25) is 0 Å². The maximum Gasteiger partial charge on any atom is 0.141 e. The molecule has 0 radical (unpaired) electrons. The number of nitrogens with zero attached hydrogens (tertiary/aromatic N) is 3. The number of H-pyrrole nitrogens is 1. The van der Waals surface area contributed by atoms with Gasteiger partial charge in [0.15, 0.2) is 0 Å². The Hall–Kier alpha value is -1.42. The highest BCUT2D eigenvalue weighted by Crippen LogP contribution is 2.28. The fraction of sp³-hybridized carbons (Fsp3) is 0.500. The van der Waals surface area contributed by atoms with Gasteiger partial charge in [-0.15, -0.1) is 0 Å². The van der Waals surface area contributed by atoms with Crippen LogP contribution >= 0.6 is 0 Å². The molecule has 0 aromatic carbocycles. The zero-order chi connectivity index (χ0) is 11.1. The van der Waals surface area contributed by atoms with Gasteiger partial charge in [-0.1, -0.05) is 0 Å². The molecule has 0 spiro atoms. The van der Waals surface area contributed by atoms with E-state index in [0.717, 1.165) is 18.5 Å². The van der Waals surface area contributed by atoms with Crippen LogP contribution in [0.4, 0.5) is 0 Å². The summed E-state index contributed by atoms with van der Waals surface area (Å²) in [6.07, 6.45) is 6.98. The number of aryl methyl sites for hydroxylation is 1. The van der Waals surface area contributed by atoms with Crippen molar-refractivity contribution >= 4 is 11.0 Å². The summed E-state index contributed by atoms with van der Waals surface area (Å²) in [5.74, 6) is 0. The van der Waals surface area contributed by atoms with E-state index in [-0.39, 0.29) is 0 Å². The second-order valence-electron chi connectivity index (χ2n) is 4.73. The van der Waals surface area contributed by atoms with Crippen molar-refractivity contribution in [3.05, 3.63) is 23.8 Å². The van der Waals surface area contributed by atoms with Gasteiger partial charge in [0, 0.05) is 23.3 Å². The molecule has 1 aliphatic rings. The van der Waals surface area contributed by atoms with Crippen LogP contribution in [0.25, 0.3) is 11.0 Å². The first-order valence-corrected chi connectivity index (χ1v) is 5.71. The lowest BCUT2D eigenvalue weighted by molar-refractivity contribution is 0.268. The molecule has 84 valence electrons. The van der Waals surface area contributed by atoms with Crippen LogP contribution in [-0.4, -0.2) is 40.0 Å². The Balaban J connectivity index is 2.08. The second-order valence-corrected chi connectivity index (χ2v) is 4.73. The van der Waals surface area contributed by atoms with Crippen molar-refractivity contribution in [3.63, 3.8) is 0 Å². The lowest BCUT2D eigenvalue weighted by Gasteiger charge is -2.28. The highest BCUT2D eigenvalue weighted by atomic mass is 15.1. The number of fused-ring (bicyclic) bond motifs is 3. The van der Waals surface area contributed by atoms with Crippen LogP contribution in [0.3, 0.4) is 0 Å². The summed E-state index contributed by atoms with van der Waals surface area (Å²) in [4.78, 5) is 14.1. The third-order valence-electron chi connectivity index (χ3n) is 3.57. The van der Waals surface area contributed by atoms with E-state index in [1.54, 1.807) is 6.33 Å². The van der Waals surface area contributed by atoms with Crippen molar-refractivity contribution in [2.75, 3.05) is 14.1 Å². The predicted octanol–water partition coefficient (Wildman–Crippen LogP) is 1.38. The zero-order valence-electron chi connectivity index (χ0n) is 9.70. The van der Waals surface area contributed by atoms with Gasteiger partial charge in [0.1, 0.15) is 12.0 Å². The van der Waals surface area contributed by atoms with E-state index in [4.69, 9.17) is 0 Å². The molecule has 0 saturated heterocycles. The summed E-state index contributed by atoms with van der Waals surface area (Å²) in [7, 11) is 4.31. The molecule has 1 aliphatic carbocycles. The van der Waals surface area contributed by atoms with Gasteiger partial charge in [-0.2, -0.15) is 0 Å². The molecule has 4 nitrogen and oxygen atoms in total. The van der Waals surface area contributed by atoms with Crippen LogP contribution in [-0.2, 0) is 12.8 Å². The summed E-state index contributed by atoms with van der Waals surface area (Å²) in [6, 6.07) is 0.645. The molecule has 0 unspecified atom stereocenters. The Kier molecular flexibility index (Phi) is 2.17. The summed E-state index contributed by atoms with van der Waals surface area (Å²) >= 11 is 0. The second kappa shape index (κ2) is 3.56. The van der Waals surface area contributed by atoms with Crippen molar-refractivity contribution < 1.29 is 0 Å². The topological polar surface area (TPSA) is 44.8 Å². The fourth-order valence-corrected chi connectivity index (χ4v) is 2.57. The van der Waals surface area contributed by atoms with Crippen molar-refractivity contribution in [1.29, 1.82) is 0 Å². The molecule has 0 bridgehead atoms. The molecule has 4 heteroatoms. The average molecular weight is 216 g/mol. The van der Waals surface area contributed by atoms with E-state index in [1.165, 1.54) is 23.1 Å². The molecular weight excluding hydrogens is 200 g/mol. The molecule has 0 saturated carbocycles. The molecule has 2 aromatic rings. The maximum atomic E-state index is 4.28. The van der Waals surface area contributed by atoms with Gasteiger partial charge < -0.3 is 9.88 Å². The molecule has 0 aliphatic heterocycles. The summed E-state index contributed by atoms with van der Waals surface area (Å²) in [5.41, 5.74) is 3.76. The van der Waals surface area contributed by atoms with E-state index in [2.05, 4.69) is 33.9 Å². The van der Waals surface area contributed by atoms with Crippen LogP contribution < -0.4 is 0 Å². The number of aromatic nitrogens is 3. The van der Waals surface area contributed by atoms with Crippen LogP contribution in [0.2, 0.25) is 0 Å². The summed E-state index contributed by atoms with van der Waals surface area (Å²) < 4.78 is 0. The van der Waals surface area contributed by atoms with Crippen molar-refractivity contribution in [2.45, 2.75) is 25.3 Å². The quantitative estimate of drug-likeness (QED) is 0.783. The zero-order valence-corrected chi connectivity index (χ0v) is 9.70. The molecule has 0 amide bonds. The maximum absolute atomic E-state index is 4.28. The Morgan fingerprint density at radius 2 is 2.31 bits per heavy atom. The molecular formula is C12H16N4. The predicted molar refractivity (Wildman–Crippen MR) is 63.4 cm³/mol. The lowest BCUT2D eigenvalue weighted by atomic mass is 9.91. The van der Waals surface area contributed by atoms with Crippen molar-refractivity contribution in [2.24, 2.45) is 0 Å². The smallest absolute Gasteiger partial charge is 0.141 e. The number of hydrogen-bond acceptors (Lipinski definition) is 3. The Morgan fingerprint density at radius 3 is 3.12 bits per heavy atom. The number of aromatic amines is 1. The van der Waals surface area contributed by atoms with E-state index in [1.807, 2.05) is 6.20 Å². The summed E-state index contributed by atoms with van der Waals surface area (Å²) in [6.45, 7) is 0. The minimum Gasteiger partial charge on any atom is -0.343 e.